The summed E-state index contributed by atoms with van der Waals surface area (Å²) in [6, 6.07) is 12.9. The number of Topliss-reactive ketones (excluding diaryl/α,β-unsaturated/α-hetero) is 1. The second-order valence-corrected chi connectivity index (χ2v) is 11.4. The summed E-state index contributed by atoms with van der Waals surface area (Å²) in [4.78, 5) is 43.1. The summed E-state index contributed by atoms with van der Waals surface area (Å²) in [6.45, 7) is 3.84. The van der Waals surface area contributed by atoms with E-state index in [1.165, 1.54) is 12.7 Å². The number of benzene rings is 3. The number of carboxylic acid groups (broad SMARTS) is 1. The van der Waals surface area contributed by atoms with Crippen LogP contribution in [0, 0.1) is 13.8 Å². The Bertz CT molecular complexity index is 1990. The smallest absolute Gasteiger partial charge is 0.336 e. The van der Waals surface area contributed by atoms with Crippen molar-refractivity contribution in [1.82, 2.24) is 9.55 Å². The molecule has 7 rings (SSSR count). The molecule has 0 radical (unpaired) electrons. The van der Waals surface area contributed by atoms with Crippen molar-refractivity contribution >= 4 is 33.8 Å². The molecular weight excluding hydrogens is 532 g/mol. The Kier molecular flexibility index (Phi) is 6.22. The molecule has 0 bridgehead atoms. The number of aromatic nitrogens is 2. The Morgan fingerprint density at radius 1 is 0.976 bits per heavy atom. The van der Waals surface area contributed by atoms with Crippen molar-refractivity contribution < 1.29 is 23.8 Å². The third-order valence-corrected chi connectivity index (χ3v) is 8.70. The molecule has 3 aromatic carbocycles. The largest absolute Gasteiger partial charge is 0.492 e. The van der Waals surface area contributed by atoms with Crippen LogP contribution in [0.1, 0.15) is 76.4 Å². The first-order chi connectivity index (χ1) is 20.3. The summed E-state index contributed by atoms with van der Waals surface area (Å²) in [7, 11) is 0. The van der Waals surface area contributed by atoms with E-state index in [2.05, 4.69) is 4.57 Å². The molecule has 5 aromatic rings. The SMILES string of the molecule is Cc1cc2c(nc(-c3ccc4c(=O)c(C)coc4c3)n2C2CCCCC2)c(-c2ccc3c(c2)OCCC3=O)c1C(=O)O. The van der Waals surface area contributed by atoms with Crippen molar-refractivity contribution in [2.75, 3.05) is 6.61 Å². The maximum atomic E-state index is 12.7. The van der Waals surface area contributed by atoms with Crippen LogP contribution >= 0.6 is 0 Å². The average Bonchev–Trinajstić information content (AvgIpc) is 3.37. The lowest BCUT2D eigenvalue weighted by atomic mass is 9.91. The van der Waals surface area contributed by atoms with Crippen LogP contribution in [0.5, 0.6) is 5.75 Å². The molecule has 2 aliphatic rings. The van der Waals surface area contributed by atoms with Crippen molar-refractivity contribution in [3.63, 3.8) is 0 Å². The Morgan fingerprint density at radius 2 is 1.76 bits per heavy atom. The topological polar surface area (TPSA) is 112 Å². The number of aryl methyl sites for hydroxylation is 2. The van der Waals surface area contributed by atoms with Gasteiger partial charge in [0, 0.05) is 29.2 Å². The highest BCUT2D eigenvalue weighted by Crippen LogP contribution is 2.42. The number of fused-ring (bicyclic) bond motifs is 3. The van der Waals surface area contributed by atoms with Crippen LogP contribution in [0.4, 0.5) is 0 Å². The molecule has 0 unspecified atom stereocenters. The molecule has 0 saturated heterocycles. The number of imidazole rings is 1. The molecule has 8 nitrogen and oxygen atoms in total. The summed E-state index contributed by atoms with van der Waals surface area (Å²) >= 11 is 0. The summed E-state index contributed by atoms with van der Waals surface area (Å²) in [6.07, 6.45) is 7.16. The van der Waals surface area contributed by atoms with Crippen LogP contribution in [-0.2, 0) is 0 Å². The van der Waals surface area contributed by atoms with E-state index >= 15 is 0 Å². The average molecular weight is 563 g/mol. The molecule has 2 aromatic heterocycles. The molecule has 1 N–H and O–H groups in total. The van der Waals surface area contributed by atoms with Gasteiger partial charge in [-0.3, -0.25) is 9.59 Å². The standard InChI is InChI=1S/C34H30N2O6/c1-18-14-25-31(30(29(18)34(39)40)20-8-10-23-26(37)12-13-41-27(23)15-20)35-33(36(25)22-6-4-3-5-7-22)21-9-11-24-28(16-21)42-17-19(2)32(24)38/h8-11,14-17,22H,3-7,12-13H2,1-2H3,(H,39,40). The number of rotatable bonds is 4. The zero-order chi connectivity index (χ0) is 29.1. The van der Waals surface area contributed by atoms with E-state index in [-0.39, 0.29) is 22.8 Å². The fourth-order valence-corrected chi connectivity index (χ4v) is 6.61. The minimum atomic E-state index is -1.05. The number of ketones is 1. The number of carbonyl (C=O) groups excluding carboxylic acids is 1. The predicted molar refractivity (Wildman–Crippen MR) is 160 cm³/mol. The van der Waals surface area contributed by atoms with Crippen LogP contribution in [0.15, 0.2) is 57.9 Å². The number of aromatic carboxylic acids is 1. The van der Waals surface area contributed by atoms with E-state index in [1.807, 2.05) is 25.1 Å². The quantitative estimate of drug-likeness (QED) is 0.245. The normalized spacial score (nSPS) is 15.6. The molecule has 0 amide bonds. The van der Waals surface area contributed by atoms with Crippen molar-refractivity contribution in [3.8, 4) is 28.3 Å². The van der Waals surface area contributed by atoms with Gasteiger partial charge in [0.1, 0.15) is 17.2 Å². The van der Waals surface area contributed by atoms with Gasteiger partial charge in [0.05, 0.1) is 40.4 Å². The van der Waals surface area contributed by atoms with Gasteiger partial charge in [0.15, 0.2) is 11.2 Å². The van der Waals surface area contributed by atoms with Crippen molar-refractivity contribution in [3.05, 3.63) is 81.2 Å². The van der Waals surface area contributed by atoms with Gasteiger partial charge in [0.2, 0.25) is 0 Å². The number of ether oxygens (including phenoxy) is 1. The predicted octanol–water partition coefficient (Wildman–Crippen LogP) is 7.26. The maximum Gasteiger partial charge on any atom is 0.336 e. The lowest BCUT2D eigenvalue weighted by Crippen LogP contribution is -2.15. The van der Waals surface area contributed by atoms with Gasteiger partial charge in [-0.2, -0.15) is 0 Å². The second kappa shape index (κ2) is 9.98. The number of carboxylic acids is 1. The van der Waals surface area contributed by atoms with Crippen LogP contribution < -0.4 is 10.2 Å². The minimum Gasteiger partial charge on any atom is -0.492 e. The number of nitrogens with zero attached hydrogens (tertiary/aromatic N) is 2. The summed E-state index contributed by atoms with van der Waals surface area (Å²) in [5.41, 5.74) is 5.61. The Hall–Kier alpha value is -4.72. The Morgan fingerprint density at radius 3 is 2.55 bits per heavy atom. The molecular formula is C34H30N2O6. The van der Waals surface area contributed by atoms with E-state index < -0.39 is 5.97 Å². The monoisotopic (exact) mass is 562 g/mol. The van der Waals surface area contributed by atoms with Gasteiger partial charge >= 0.3 is 5.97 Å². The van der Waals surface area contributed by atoms with E-state index in [4.69, 9.17) is 14.1 Å². The van der Waals surface area contributed by atoms with Gasteiger partial charge < -0.3 is 18.8 Å². The Balaban J connectivity index is 1.53. The highest BCUT2D eigenvalue weighted by atomic mass is 16.5. The number of carbonyl (C=O) groups is 2. The zero-order valence-corrected chi connectivity index (χ0v) is 23.5. The summed E-state index contributed by atoms with van der Waals surface area (Å²) in [5, 5.41) is 10.9. The Labute approximate surface area is 241 Å². The molecule has 8 heteroatoms. The lowest BCUT2D eigenvalue weighted by Gasteiger charge is -2.26. The lowest BCUT2D eigenvalue weighted by molar-refractivity contribution is 0.0696. The van der Waals surface area contributed by atoms with Crippen molar-refractivity contribution in [1.29, 1.82) is 0 Å². The van der Waals surface area contributed by atoms with Gasteiger partial charge in [-0.05, 0) is 68.1 Å². The molecule has 3 heterocycles. The molecule has 1 saturated carbocycles. The van der Waals surface area contributed by atoms with Gasteiger partial charge in [-0.1, -0.05) is 31.4 Å². The van der Waals surface area contributed by atoms with Gasteiger partial charge in [-0.15, -0.1) is 0 Å². The summed E-state index contributed by atoms with van der Waals surface area (Å²) < 4.78 is 13.9. The van der Waals surface area contributed by atoms with E-state index in [0.29, 0.717) is 68.9 Å². The first kappa shape index (κ1) is 26.2. The highest BCUT2D eigenvalue weighted by molar-refractivity contribution is 6.08. The van der Waals surface area contributed by atoms with E-state index in [1.54, 1.807) is 31.2 Å². The molecule has 1 aliphatic heterocycles. The molecule has 42 heavy (non-hydrogen) atoms. The first-order valence-electron chi connectivity index (χ1n) is 14.4. The third kappa shape index (κ3) is 4.12. The number of hydrogen-bond donors (Lipinski definition) is 1. The molecule has 212 valence electrons. The molecule has 1 aliphatic carbocycles. The van der Waals surface area contributed by atoms with Gasteiger partial charge in [0.25, 0.3) is 0 Å². The molecule has 0 atom stereocenters. The van der Waals surface area contributed by atoms with Crippen LogP contribution in [-0.4, -0.2) is 33.0 Å². The second-order valence-electron chi connectivity index (χ2n) is 11.4. The van der Waals surface area contributed by atoms with E-state index in [9.17, 15) is 19.5 Å². The zero-order valence-electron chi connectivity index (χ0n) is 23.5. The van der Waals surface area contributed by atoms with E-state index in [0.717, 1.165) is 36.8 Å². The van der Waals surface area contributed by atoms with Crippen molar-refractivity contribution in [2.45, 2.75) is 58.4 Å². The van der Waals surface area contributed by atoms with Crippen LogP contribution in [0.3, 0.4) is 0 Å². The molecule has 0 spiro atoms. The van der Waals surface area contributed by atoms with Crippen LogP contribution in [0.25, 0.3) is 44.5 Å². The first-order valence-corrected chi connectivity index (χ1v) is 14.4. The highest BCUT2D eigenvalue weighted by Gasteiger charge is 2.29. The fourth-order valence-electron chi connectivity index (χ4n) is 6.61. The van der Waals surface area contributed by atoms with Crippen LogP contribution in [0.2, 0.25) is 0 Å². The minimum absolute atomic E-state index is 0.0117. The summed E-state index contributed by atoms with van der Waals surface area (Å²) in [5.74, 6) is 0.129. The van der Waals surface area contributed by atoms with Crippen molar-refractivity contribution in [2.24, 2.45) is 0 Å². The van der Waals surface area contributed by atoms with Gasteiger partial charge in [-0.25, -0.2) is 9.78 Å². The number of hydrogen-bond acceptors (Lipinski definition) is 6. The third-order valence-electron chi connectivity index (χ3n) is 8.70. The fraction of sp³-hybridized carbons (Fsp3) is 0.294. The molecule has 1 fully saturated rings. The maximum absolute atomic E-state index is 12.7.